The molecule has 186 valence electrons. The summed E-state index contributed by atoms with van der Waals surface area (Å²) in [6, 6.07) is 18.1. The molecule has 2 aromatic carbocycles. The molecule has 1 unspecified atom stereocenters. The molecule has 0 spiro atoms. The first kappa shape index (κ1) is 24.5. The van der Waals surface area contributed by atoms with E-state index in [0.717, 1.165) is 24.9 Å². The average Bonchev–Trinajstić information content (AvgIpc) is 3.45. The maximum absolute atomic E-state index is 13.7. The number of nitro groups is 1. The first-order valence-electron chi connectivity index (χ1n) is 12.0. The van der Waals surface area contributed by atoms with Gasteiger partial charge in [-0.15, -0.1) is 0 Å². The second kappa shape index (κ2) is 10.4. The van der Waals surface area contributed by atoms with Crippen molar-refractivity contribution in [2.24, 2.45) is 5.92 Å². The van der Waals surface area contributed by atoms with Crippen LogP contribution in [0.15, 0.2) is 70.0 Å². The van der Waals surface area contributed by atoms with Gasteiger partial charge in [-0.2, -0.15) is 0 Å². The van der Waals surface area contributed by atoms with Crippen molar-refractivity contribution >= 4 is 46.7 Å². The molecule has 1 aliphatic carbocycles. The number of amides is 1. The van der Waals surface area contributed by atoms with Gasteiger partial charge in [0, 0.05) is 29.4 Å². The van der Waals surface area contributed by atoms with Crippen LogP contribution in [0.2, 0.25) is 5.02 Å². The molecule has 0 radical (unpaired) electrons. The van der Waals surface area contributed by atoms with Crippen LogP contribution in [0.3, 0.4) is 0 Å². The molecule has 1 N–H and O–H groups in total. The fraction of sp³-hybridized carbons (Fsp3) is 0.296. The molecule has 1 saturated heterocycles. The van der Waals surface area contributed by atoms with E-state index in [9.17, 15) is 14.9 Å². The summed E-state index contributed by atoms with van der Waals surface area (Å²) in [5, 5.41) is 14.9. The summed E-state index contributed by atoms with van der Waals surface area (Å²) in [7, 11) is 0. The third kappa shape index (κ3) is 5.01. The minimum absolute atomic E-state index is 0.00716. The van der Waals surface area contributed by atoms with Crippen LogP contribution >= 0.6 is 23.4 Å². The van der Waals surface area contributed by atoms with E-state index in [0.29, 0.717) is 27.9 Å². The Bertz CT molecular complexity index is 1310. The van der Waals surface area contributed by atoms with Crippen molar-refractivity contribution < 1.29 is 14.1 Å². The highest BCUT2D eigenvalue weighted by Gasteiger charge is 2.43. The second-order valence-electron chi connectivity index (χ2n) is 9.16. The Morgan fingerprint density at radius 3 is 2.67 bits per heavy atom. The van der Waals surface area contributed by atoms with Crippen molar-refractivity contribution in [3.05, 3.63) is 86.5 Å². The van der Waals surface area contributed by atoms with Crippen LogP contribution < -0.4 is 5.32 Å². The average molecular weight is 524 g/mol. The Labute approximate surface area is 218 Å². The summed E-state index contributed by atoms with van der Waals surface area (Å²) in [5.41, 5.74) is 1.11. The summed E-state index contributed by atoms with van der Waals surface area (Å²) < 4.78 is 5.96. The highest BCUT2D eigenvalue weighted by molar-refractivity contribution is 8.05. The van der Waals surface area contributed by atoms with Crippen LogP contribution in [0.4, 0.5) is 11.4 Å². The first-order valence-corrected chi connectivity index (χ1v) is 13.2. The van der Waals surface area contributed by atoms with Crippen LogP contribution in [0.1, 0.15) is 38.4 Å². The van der Waals surface area contributed by atoms with Crippen molar-refractivity contribution in [2.45, 2.75) is 44.1 Å². The van der Waals surface area contributed by atoms with E-state index < -0.39 is 4.92 Å². The molecule has 5 rings (SSSR count). The fourth-order valence-electron chi connectivity index (χ4n) is 4.89. The third-order valence-electron chi connectivity index (χ3n) is 6.75. The SMILES string of the molecule is C[C@H]1CCCC[C@H]1N1C(=O)/C(=C/c2ccc(-c3ccc(Cl)c([N+](=O)[O-])c3)o2)SC1Nc1ccccc1. The molecule has 2 fully saturated rings. The zero-order valence-corrected chi connectivity index (χ0v) is 21.3. The molecule has 3 atom stereocenters. The Hall–Kier alpha value is -3.23. The predicted octanol–water partition coefficient (Wildman–Crippen LogP) is 7.40. The van der Waals surface area contributed by atoms with Crippen molar-refractivity contribution in [1.29, 1.82) is 0 Å². The Kier molecular flexibility index (Phi) is 7.07. The number of halogens is 1. The molecule has 1 amide bonds. The summed E-state index contributed by atoms with van der Waals surface area (Å²) >= 11 is 7.43. The standard InChI is InChI=1S/C27H26ClN3O4S/c1-17-7-5-6-10-22(17)30-26(32)25(36-27(30)29-19-8-3-2-4-9-19)16-20-12-14-24(35-20)18-11-13-21(28)23(15-18)31(33)34/h2-4,8-9,11-17,22,27,29H,5-7,10H2,1H3/b25-16-/t17-,22+,27?/m0/s1. The summed E-state index contributed by atoms with van der Waals surface area (Å²) in [4.78, 5) is 27.0. The van der Waals surface area contributed by atoms with E-state index in [2.05, 4.69) is 12.2 Å². The molecule has 7 nitrogen and oxygen atoms in total. The molecule has 1 aromatic heterocycles. The van der Waals surface area contributed by atoms with Gasteiger partial charge in [0.2, 0.25) is 0 Å². The number of furan rings is 1. The third-order valence-corrected chi connectivity index (χ3v) is 8.19. The highest BCUT2D eigenvalue weighted by Crippen LogP contribution is 2.42. The van der Waals surface area contributed by atoms with Crippen molar-refractivity contribution in [1.82, 2.24) is 4.90 Å². The van der Waals surface area contributed by atoms with Crippen molar-refractivity contribution in [2.75, 3.05) is 5.32 Å². The molecule has 2 heterocycles. The van der Waals surface area contributed by atoms with Crippen LogP contribution in [-0.2, 0) is 4.79 Å². The normalized spacial score (nSPS) is 23.3. The van der Waals surface area contributed by atoms with E-state index in [-0.39, 0.29) is 28.2 Å². The van der Waals surface area contributed by atoms with Gasteiger partial charge in [0.15, 0.2) is 5.50 Å². The molecular weight excluding hydrogens is 498 g/mol. The minimum atomic E-state index is -0.522. The van der Waals surface area contributed by atoms with Crippen LogP contribution in [0, 0.1) is 16.0 Å². The maximum Gasteiger partial charge on any atom is 0.288 e. The van der Waals surface area contributed by atoms with Gasteiger partial charge >= 0.3 is 0 Å². The number of nitrogens with one attached hydrogen (secondary N) is 1. The lowest BCUT2D eigenvalue weighted by Crippen LogP contribution is -2.48. The number of hydrogen-bond acceptors (Lipinski definition) is 6. The number of nitrogens with zero attached hydrogens (tertiary/aromatic N) is 2. The molecule has 1 aliphatic heterocycles. The lowest BCUT2D eigenvalue weighted by Gasteiger charge is -2.39. The van der Waals surface area contributed by atoms with Gasteiger partial charge < -0.3 is 14.6 Å². The number of thioether (sulfide) groups is 1. The van der Waals surface area contributed by atoms with E-state index >= 15 is 0 Å². The van der Waals surface area contributed by atoms with Crippen LogP contribution in [0.25, 0.3) is 17.4 Å². The minimum Gasteiger partial charge on any atom is -0.457 e. The number of carbonyl (C=O) groups is 1. The van der Waals surface area contributed by atoms with Crippen molar-refractivity contribution in [3.8, 4) is 11.3 Å². The number of rotatable bonds is 6. The van der Waals surface area contributed by atoms with Gasteiger partial charge in [-0.05, 0) is 55.2 Å². The first-order chi connectivity index (χ1) is 17.4. The summed E-state index contributed by atoms with van der Waals surface area (Å²) in [6.45, 7) is 2.23. The van der Waals surface area contributed by atoms with Gasteiger partial charge in [-0.25, -0.2) is 0 Å². The van der Waals surface area contributed by atoms with Gasteiger partial charge in [0.05, 0.1) is 9.83 Å². The number of nitro benzene ring substituents is 1. The zero-order chi connectivity index (χ0) is 25.2. The van der Waals surface area contributed by atoms with Crippen LogP contribution in [-0.4, -0.2) is 27.3 Å². The Morgan fingerprint density at radius 2 is 1.92 bits per heavy atom. The zero-order valence-electron chi connectivity index (χ0n) is 19.7. The van der Waals surface area contributed by atoms with Gasteiger partial charge in [0.25, 0.3) is 11.6 Å². The number of carbonyl (C=O) groups excluding carboxylic acids is 1. The maximum atomic E-state index is 13.7. The molecule has 9 heteroatoms. The van der Waals surface area contributed by atoms with Gasteiger partial charge in [-0.1, -0.05) is 61.3 Å². The molecule has 2 aliphatic rings. The van der Waals surface area contributed by atoms with E-state index in [1.807, 2.05) is 35.2 Å². The summed E-state index contributed by atoms with van der Waals surface area (Å²) in [5.74, 6) is 1.40. The summed E-state index contributed by atoms with van der Waals surface area (Å²) in [6.07, 6.45) is 6.19. The number of anilines is 1. The van der Waals surface area contributed by atoms with E-state index in [1.54, 1.807) is 24.3 Å². The molecular formula is C27H26ClN3O4S. The fourth-order valence-corrected chi connectivity index (χ4v) is 6.27. The van der Waals surface area contributed by atoms with E-state index in [1.165, 1.54) is 30.3 Å². The van der Waals surface area contributed by atoms with Gasteiger partial charge in [0.1, 0.15) is 16.5 Å². The largest absolute Gasteiger partial charge is 0.457 e. The topological polar surface area (TPSA) is 88.6 Å². The molecule has 0 bridgehead atoms. The highest BCUT2D eigenvalue weighted by atomic mass is 35.5. The second-order valence-corrected chi connectivity index (χ2v) is 10.7. The Morgan fingerprint density at radius 1 is 1.14 bits per heavy atom. The molecule has 3 aromatic rings. The number of hydrogen-bond donors (Lipinski definition) is 1. The smallest absolute Gasteiger partial charge is 0.288 e. The monoisotopic (exact) mass is 523 g/mol. The predicted molar refractivity (Wildman–Crippen MR) is 143 cm³/mol. The molecule has 36 heavy (non-hydrogen) atoms. The lowest BCUT2D eigenvalue weighted by molar-refractivity contribution is -0.384. The number of benzene rings is 2. The van der Waals surface area contributed by atoms with E-state index in [4.69, 9.17) is 16.0 Å². The molecule has 1 saturated carbocycles. The van der Waals surface area contributed by atoms with Gasteiger partial charge in [-0.3, -0.25) is 14.9 Å². The van der Waals surface area contributed by atoms with Crippen molar-refractivity contribution in [3.63, 3.8) is 0 Å². The Balaban J connectivity index is 1.43. The number of para-hydroxylation sites is 1. The lowest BCUT2D eigenvalue weighted by atomic mass is 9.85. The quantitative estimate of drug-likeness (QED) is 0.206. The van der Waals surface area contributed by atoms with Crippen LogP contribution in [0.5, 0.6) is 0 Å².